The quantitative estimate of drug-likeness (QED) is 0.0904. The Morgan fingerprint density at radius 3 is 2.05 bits per heavy atom. The molecule has 0 fully saturated rings. The van der Waals surface area contributed by atoms with E-state index in [9.17, 15) is 9.59 Å². The zero-order valence-corrected chi connectivity index (χ0v) is 23.6. The fraction of sp³-hybridized carbons (Fsp3) is 0.440. The minimum Gasteiger partial charge on any atom is -0.585 e. The third-order valence-electron chi connectivity index (χ3n) is 5.41. The molecule has 2 heterocycles. The number of aromatic nitrogens is 2. The summed E-state index contributed by atoms with van der Waals surface area (Å²) in [7, 11) is 0. The molecule has 39 heavy (non-hydrogen) atoms. The summed E-state index contributed by atoms with van der Waals surface area (Å²) in [5.74, 6) is 6.14. The maximum atomic E-state index is 11.9. The molecule has 2 aromatic heterocycles. The zero-order chi connectivity index (χ0) is 28.2. The van der Waals surface area contributed by atoms with Crippen LogP contribution >= 0.6 is 0 Å². The van der Waals surface area contributed by atoms with Crippen LogP contribution in [-0.2, 0) is 24.9 Å². The summed E-state index contributed by atoms with van der Waals surface area (Å²) in [4.78, 5) is 30.1. The smallest absolute Gasteiger partial charge is 0.317 e. The summed E-state index contributed by atoms with van der Waals surface area (Å²) >= 11 is 0. The number of unbranched alkanes of at least 4 members (excludes halogenated alkanes) is 3. The van der Waals surface area contributed by atoms with Crippen molar-refractivity contribution in [3.05, 3.63) is 66.4 Å². The number of aliphatic carboxylic acids is 1. The van der Waals surface area contributed by atoms with Gasteiger partial charge in [-0.1, -0.05) is 19.4 Å². The third-order valence-corrected chi connectivity index (χ3v) is 5.41. The van der Waals surface area contributed by atoms with E-state index in [0.717, 1.165) is 43.5 Å². The molecule has 0 spiro atoms. The Bertz CT molecular complexity index is 955. The molecule has 217 valence electrons. The molecule has 0 aromatic carbocycles. The molecule has 0 aliphatic heterocycles. The second-order valence-electron chi connectivity index (χ2n) is 8.38. The van der Waals surface area contributed by atoms with E-state index in [1.165, 1.54) is 6.20 Å². The Balaban J connectivity index is 0.000000944. The molecule has 14 heteroatoms. The summed E-state index contributed by atoms with van der Waals surface area (Å²) in [6, 6.07) is 7.14. The third kappa shape index (κ3) is 14.7. The number of hydrogen-bond acceptors (Lipinski definition) is 10. The fourth-order valence-electron chi connectivity index (χ4n) is 2.97. The molecule has 2 aromatic rings. The van der Waals surface area contributed by atoms with Crippen molar-refractivity contribution < 1.29 is 50.1 Å². The molecule has 0 bridgehead atoms. The number of carboxylic acid groups (broad SMARTS) is 1. The average molecular weight is 631 g/mol. The zero-order valence-electron chi connectivity index (χ0n) is 21.7. The number of aliphatic hydroxyl groups is 3. The molecule has 0 aliphatic carbocycles. The van der Waals surface area contributed by atoms with Gasteiger partial charge in [-0.2, -0.15) is 0 Å². The number of carbonyl (C=O) groups excluding carboxylic acids is 1. The van der Waals surface area contributed by atoms with Gasteiger partial charge in [0.05, 0.1) is 37.5 Å². The molecule has 0 unspecified atom stereocenters. The number of carbonyl (C=O) groups is 2. The number of hydrogen-bond donors (Lipinski definition) is 8. The molecule has 0 atom stereocenters. The summed E-state index contributed by atoms with van der Waals surface area (Å²) in [5, 5.41) is 42.9. The van der Waals surface area contributed by atoms with E-state index >= 15 is 0 Å². The van der Waals surface area contributed by atoms with Crippen molar-refractivity contribution in [1.82, 2.24) is 25.9 Å². The predicted octanol–water partition coefficient (Wildman–Crippen LogP) is 0.780. The standard InChI is InChI=1S/C19H25N6O.C6H13NO5.Tc/c1-15(16-7-6-10-21-13-16)22-11-4-2-3-5-12-23-19(26)17-8-9-18(25-20)24-14-17;8-2-6(3-9,4-10)7-1-5(11)12;/h6-10,13-14,20,22H,1-5,11-12H2,(H2,23,24,25,26);7-10H,1-4H2,(H,11,12);/q-1;;. The molecule has 9 N–H and O–H groups in total. The van der Waals surface area contributed by atoms with Crippen LogP contribution < -0.4 is 21.4 Å². The molecule has 1 radical (unpaired) electrons. The van der Waals surface area contributed by atoms with Crippen LogP contribution in [0.5, 0.6) is 0 Å². The fourth-order valence-corrected chi connectivity index (χ4v) is 2.97. The summed E-state index contributed by atoms with van der Waals surface area (Å²) in [6.45, 7) is 3.56. The normalized spacial score (nSPS) is 10.4. The van der Waals surface area contributed by atoms with Gasteiger partial charge in [-0.3, -0.25) is 19.9 Å². The van der Waals surface area contributed by atoms with Crippen LogP contribution in [0.3, 0.4) is 0 Å². The van der Waals surface area contributed by atoms with Crippen molar-refractivity contribution in [1.29, 1.82) is 0 Å². The van der Waals surface area contributed by atoms with Crippen LogP contribution in [0.1, 0.15) is 41.6 Å². The van der Waals surface area contributed by atoms with Crippen LogP contribution in [0.15, 0.2) is 49.4 Å². The van der Waals surface area contributed by atoms with Crippen molar-refractivity contribution >= 4 is 23.4 Å². The van der Waals surface area contributed by atoms with Crippen molar-refractivity contribution in [2.24, 2.45) is 0 Å². The number of carboxylic acids is 1. The number of rotatable bonds is 17. The van der Waals surface area contributed by atoms with Gasteiger partial charge in [0.25, 0.3) is 5.91 Å². The van der Waals surface area contributed by atoms with Gasteiger partial charge >= 0.3 is 5.97 Å². The van der Waals surface area contributed by atoms with Gasteiger partial charge in [0.2, 0.25) is 0 Å². The average Bonchev–Trinajstić information content (AvgIpc) is 2.96. The first-order valence-corrected chi connectivity index (χ1v) is 12.1. The van der Waals surface area contributed by atoms with Crippen molar-refractivity contribution in [3.8, 4) is 0 Å². The summed E-state index contributed by atoms with van der Waals surface area (Å²) in [6.07, 6.45) is 9.15. The first-order valence-electron chi connectivity index (χ1n) is 12.1. The second kappa shape index (κ2) is 20.9. The molecular weight excluding hydrogens is 592 g/mol. The molecule has 1 amide bonds. The maximum absolute atomic E-state index is 11.9. The van der Waals surface area contributed by atoms with Crippen molar-refractivity contribution in [2.45, 2.75) is 31.2 Å². The number of nitrogens with zero attached hydrogens (tertiary/aromatic N) is 2. The Morgan fingerprint density at radius 2 is 1.56 bits per heavy atom. The first-order chi connectivity index (χ1) is 18.3. The van der Waals surface area contributed by atoms with Crippen LogP contribution in [0.25, 0.3) is 11.5 Å². The molecule has 13 nitrogen and oxygen atoms in total. The maximum Gasteiger partial charge on any atom is 0.317 e. The molecular formula is C25H38N7O6Tc-. The van der Waals surface area contributed by atoms with Gasteiger partial charge in [0.1, 0.15) is 5.82 Å². The van der Waals surface area contributed by atoms with Gasteiger partial charge in [-0.25, -0.2) is 4.98 Å². The van der Waals surface area contributed by atoms with Gasteiger partial charge in [-0.05, 0) is 37.1 Å². The topological polar surface area (TPSA) is 213 Å². The minimum atomic E-state index is -1.31. The van der Waals surface area contributed by atoms with Gasteiger partial charge in [0.15, 0.2) is 0 Å². The van der Waals surface area contributed by atoms with Crippen molar-refractivity contribution in [2.75, 3.05) is 44.9 Å². The van der Waals surface area contributed by atoms with Gasteiger partial charge < -0.3 is 42.3 Å². The second-order valence-corrected chi connectivity index (χ2v) is 8.38. The van der Waals surface area contributed by atoms with Crippen LogP contribution in [0, 0.1) is 0 Å². The van der Waals surface area contributed by atoms with E-state index in [1.54, 1.807) is 24.5 Å². The van der Waals surface area contributed by atoms with Crippen molar-refractivity contribution in [3.63, 3.8) is 0 Å². The Morgan fingerprint density at radius 1 is 0.923 bits per heavy atom. The molecule has 0 saturated carbocycles. The van der Waals surface area contributed by atoms with E-state index in [4.69, 9.17) is 26.3 Å². The van der Waals surface area contributed by atoms with E-state index < -0.39 is 37.9 Å². The number of amides is 1. The molecule has 2 rings (SSSR count). The SMILES string of the molecule is C=C(NCCCCCCNC(=O)c1ccc(N[NH-])nc1)c1cccnc1.O=C(O)CNC(CO)(CO)CO.[Tc]. The van der Waals surface area contributed by atoms with Crippen LogP contribution in [0.4, 0.5) is 5.82 Å². The molecule has 0 saturated heterocycles. The largest absolute Gasteiger partial charge is 0.585 e. The van der Waals surface area contributed by atoms with E-state index in [-0.39, 0.29) is 26.0 Å². The monoisotopic (exact) mass is 629 g/mol. The number of aliphatic hydroxyl groups excluding tert-OH is 3. The van der Waals surface area contributed by atoms with Crippen LogP contribution in [0.2, 0.25) is 0 Å². The Kier molecular flexibility index (Phi) is 19.3. The summed E-state index contributed by atoms with van der Waals surface area (Å²) in [5.41, 5.74) is 3.28. The van der Waals surface area contributed by atoms with E-state index in [2.05, 4.69) is 37.9 Å². The minimum absolute atomic E-state index is 0. The summed E-state index contributed by atoms with van der Waals surface area (Å²) < 4.78 is 0. The number of nitrogens with one attached hydrogen (secondary N) is 5. The number of anilines is 1. The van der Waals surface area contributed by atoms with Crippen LogP contribution in [-0.4, -0.2) is 87.3 Å². The first kappa shape index (κ1) is 36.0. The number of pyridine rings is 2. The predicted molar refractivity (Wildman–Crippen MR) is 144 cm³/mol. The van der Waals surface area contributed by atoms with E-state index in [0.29, 0.717) is 17.9 Å². The van der Waals surface area contributed by atoms with Gasteiger partial charge in [0, 0.05) is 63.0 Å². The Labute approximate surface area is 241 Å². The van der Waals surface area contributed by atoms with E-state index in [1.807, 2.05) is 12.1 Å². The molecule has 0 aliphatic rings. The van der Waals surface area contributed by atoms with Gasteiger partial charge in [-0.15, -0.1) is 0 Å². The Hall–Kier alpha value is -2.97.